The van der Waals surface area contributed by atoms with E-state index in [9.17, 15) is 0 Å². The Hall–Kier alpha value is -1.95. The normalized spacial score (nSPS) is 28.9. The summed E-state index contributed by atoms with van der Waals surface area (Å²) in [7, 11) is 5.25. The molecule has 1 saturated heterocycles. The van der Waals surface area contributed by atoms with E-state index in [2.05, 4.69) is 41.2 Å². The van der Waals surface area contributed by atoms with Crippen molar-refractivity contribution in [2.75, 3.05) is 34.4 Å². The van der Waals surface area contributed by atoms with E-state index in [0.717, 1.165) is 50.0 Å². The first-order chi connectivity index (χ1) is 13.0. The Balaban J connectivity index is 1.50. The van der Waals surface area contributed by atoms with E-state index in [1.54, 1.807) is 14.2 Å². The molecule has 0 aromatic heterocycles. The number of fused-ring (bicyclic) bond motifs is 2. The largest absolute Gasteiger partial charge is 0.493 e. The third-order valence-electron chi connectivity index (χ3n) is 6.61. The van der Waals surface area contributed by atoms with Gasteiger partial charge in [-0.25, -0.2) is 0 Å². The van der Waals surface area contributed by atoms with Gasteiger partial charge in [0.15, 0.2) is 17.5 Å². The summed E-state index contributed by atoms with van der Waals surface area (Å²) in [6, 6.07) is 4.62. The van der Waals surface area contributed by atoms with E-state index in [0.29, 0.717) is 18.1 Å². The lowest BCUT2D eigenvalue weighted by Crippen LogP contribution is -2.68. The first kappa shape index (κ1) is 18.4. The molecule has 3 atom stereocenters. The molecule has 3 unspecified atom stereocenters. The molecule has 6 heteroatoms. The van der Waals surface area contributed by atoms with Crippen LogP contribution < -0.4 is 14.8 Å². The molecule has 0 radical (unpaired) electrons. The van der Waals surface area contributed by atoms with Gasteiger partial charge in [0, 0.05) is 44.1 Å². The second-order valence-corrected chi connectivity index (χ2v) is 8.38. The lowest BCUT2D eigenvalue weighted by molar-refractivity contribution is -0.107. The van der Waals surface area contributed by atoms with Crippen molar-refractivity contribution < 1.29 is 14.2 Å². The zero-order valence-corrected chi connectivity index (χ0v) is 17.0. The number of guanidine groups is 1. The number of hydrogen-bond donors (Lipinski definition) is 1. The molecule has 0 spiro atoms. The van der Waals surface area contributed by atoms with Crippen molar-refractivity contribution in [3.05, 3.63) is 23.3 Å². The van der Waals surface area contributed by atoms with Crippen LogP contribution >= 0.6 is 0 Å². The second-order valence-electron chi connectivity index (χ2n) is 8.38. The first-order valence-electron chi connectivity index (χ1n) is 9.83. The Morgan fingerprint density at radius 1 is 1.22 bits per heavy atom. The number of ether oxygens (including phenoxy) is 3. The second kappa shape index (κ2) is 6.89. The molecule has 1 saturated carbocycles. The van der Waals surface area contributed by atoms with Crippen LogP contribution in [0.15, 0.2) is 17.1 Å². The Morgan fingerprint density at radius 2 is 1.93 bits per heavy atom. The van der Waals surface area contributed by atoms with Crippen molar-refractivity contribution in [1.82, 2.24) is 10.2 Å². The summed E-state index contributed by atoms with van der Waals surface area (Å²) in [6.07, 6.45) is 2.49. The van der Waals surface area contributed by atoms with E-state index in [-0.39, 0.29) is 5.41 Å². The van der Waals surface area contributed by atoms with Crippen molar-refractivity contribution in [3.63, 3.8) is 0 Å². The molecule has 6 nitrogen and oxygen atoms in total. The lowest BCUT2D eigenvalue weighted by atomic mass is 9.57. The Kier molecular flexibility index (Phi) is 4.70. The van der Waals surface area contributed by atoms with Gasteiger partial charge in [-0.3, -0.25) is 4.99 Å². The standard InChI is InChI=1S/C21H31N3O3/c1-21(2)18(15-7-9-27-19(15)21)23-20(22-3)24-8-6-13-10-16(25-4)17(26-5)11-14(13)12-24/h10-11,15,18-19H,6-9,12H2,1-5H3,(H,22,23). The Morgan fingerprint density at radius 3 is 2.59 bits per heavy atom. The highest BCUT2D eigenvalue weighted by Gasteiger charge is 2.59. The minimum Gasteiger partial charge on any atom is -0.493 e. The van der Waals surface area contributed by atoms with E-state index in [4.69, 9.17) is 14.2 Å². The zero-order chi connectivity index (χ0) is 19.2. The van der Waals surface area contributed by atoms with Crippen LogP contribution in [0.3, 0.4) is 0 Å². The fourth-order valence-corrected chi connectivity index (χ4v) is 5.12. The molecular formula is C21H31N3O3. The van der Waals surface area contributed by atoms with Gasteiger partial charge < -0.3 is 24.4 Å². The predicted octanol–water partition coefficient (Wildman–Crippen LogP) is 2.45. The molecule has 1 aliphatic carbocycles. The summed E-state index contributed by atoms with van der Waals surface area (Å²) in [5.41, 5.74) is 2.74. The van der Waals surface area contributed by atoms with Crippen LogP contribution in [0.4, 0.5) is 0 Å². The fraction of sp³-hybridized carbons (Fsp3) is 0.667. The fourth-order valence-electron chi connectivity index (χ4n) is 5.12. The SMILES string of the molecule is CN=C(NC1C2CCOC2C1(C)C)N1CCc2cc(OC)c(OC)cc2C1. The quantitative estimate of drug-likeness (QED) is 0.652. The molecule has 2 fully saturated rings. The van der Waals surface area contributed by atoms with E-state index in [1.807, 2.05) is 7.05 Å². The summed E-state index contributed by atoms with van der Waals surface area (Å²) >= 11 is 0. The zero-order valence-electron chi connectivity index (χ0n) is 17.0. The van der Waals surface area contributed by atoms with Crippen LogP contribution in [-0.2, 0) is 17.7 Å². The van der Waals surface area contributed by atoms with Gasteiger partial charge in [-0.2, -0.15) is 0 Å². The van der Waals surface area contributed by atoms with Gasteiger partial charge in [0.25, 0.3) is 0 Å². The molecule has 2 aliphatic heterocycles. The van der Waals surface area contributed by atoms with Crippen LogP contribution in [0.1, 0.15) is 31.4 Å². The maximum Gasteiger partial charge on any atom is 0.194 e. The van der Waals surface area contributed by atoms with Gasteiger partial charge in [-0.1, -0.05) is 13.8 Å². The molecule has 4 rings (SSSR count). The maximum atomic E-state index is 5.93. The Bertz CT molecular complexity index is 746. The predicted molar refractivity (Wildman–Crippen MR) is 106 cm³/mol. The molecule has 1 aromatic rings. The summed E-state index contributed by atoms with van der Waals surface area (Å²) in [4.78, 5) is 6.94. The highest BCUT2D eigenvalue weighted by Crippen LogP contribution is 2.52. The molecule has 27 heavy (non-hydrogen) atoms. The van der Waals surface area contributed by atoms with Crippen LogP contribution in [-0.4, -0.2) is 57.4 Å². The van der Waals surface area contributed by atoms with Gasteiger partial charge in [0.05, 0.1) is 20.3 Å². The maximum absolute atomic E-state index is 5.93. The highest BCUT2D eigenvalue weighted by molar-refractivity contribution is 5.81. The number of hydrogen-bond acceptors (Lipinski definition) is 4. The summed E-state index contributed by atoms with van der Waals surface area (Å²) in [5.74, 6) is 3.17. The Labute approximate surface area is 161 Å². The molecule has 0 bridgehead atoms. The third kappa shape index (κ3) is 2.94. The van der Waals surface area contributed by atoms with Crippen molar-refractivity contribution in [2.24, 2.45) is 16.3 Å². The van der Waals surface area contributed by atoms with Crippen molar-refractivity contribution in [3.8, 4) is 11.5 Å². The first-order valence-corrected chi connectivity index (χ1v) is 9.83. The van der Waals surface area contributed by atoms with Crippen molar-refractivity contribution in [2.45, 2.75) is 45.4 Å². The average Bonchev–Trinajstić information content (AvgIpc) is 3.14. The lowest BCUT2D eigenvalue weighted by Gasteiger charge is -2.55. The molecule has 3 aliphatic rings. The van der Waals surface area contributed by atoms with Gasteiger partial charge >= 0.3 is 0 Å². The number of nitrogens with one attached hydrogen (secondary N) is 1. The van der Waals surface area contributed by atoms with E-state index < -0.39 is 0 Å². The monoisotopic (exact) mass is 373 g/mol. The van der Waals surface area contributed by atoms with Gasteiger partial charge in [0.1, 0.15) is 0 Å². The number of aliphatic imine (C=N–C) groups is 1. The molecule has 0 amide bonds. The van der Waals surface area contributed by atoms with Gasteiger partial charge in [-0.05, 0) is 36.1 Å². The minimum atomic E-state index is 0.140. The molecular weight excluding hydrogens is 342 g/mol. The topological polar surface area (TPSA) is 55.3 Å². The number of rotatable bonds is 3. The molecule has 148 valence electrons. The number of methoxy groups -OCH3 is 2. The molecule has 2 heterocycles. The number of benzene rings is 1. The van der Waals surface area contributed by atoms with E-state index >= 15 is 0 Å². The van der Waals surface area contributed by atoms with Crippen molar-refractivity contribution in [1.29, 1.82) is 0 Å². The highest BCUT2D eigenvalue weighted by atomic mass is 16.5. The molecule has 1 aromatic carbocycles. The smallest absolute Gasteiger partial charge is 0.194 e. The van der Waals surface area contributed by atoms with Crippen LogP contribution in [0.2, 0.25) is 0 Å². The van der Waals surface area contributed by atoms with Crippen LogP contribution in [0.5, 0.6) is 11.5 Å². The number of nitrogens with zero attached hydrogens (tertiary/aromatic N) is 2. The average molecular weight is 373 g/mol. The third-order valence-corrected chi connectivity index (χ3v) is 6.61. The summed E-state index contributed by atoms with van der Waals surface area (Å²) in [5, 5.41) is 3.76. The van der Waals surface area contributed by atoms with Gasteiger partial charge in [0.2, 0.25) is 0 Å². The van der Waals surface area contributed by atoms with Crippen molar-refractivity contribution >= 4 is 5.96 Å². The van der Waals surface area contributed by atoms with Gasteiger partial charge in [-0.15, -0.1) is 0 Å². The van der Waals surface area contributed by atoms with Crippen LogP contribution in [0.25, 0.3) is 0 Å². The summed E-state index contributed by atoms with van der Waals surface area (Å²) in [6.45, 7) is 7.25. The summed E-state index contributed by atoms with van der Waals surface area (Å²) < 4.78 is 16.9. The molecule has 1 N–H and O–H groups in total. The van der Waals surface area contributed by atoms with E-state index in [1.165, 1.54) is 11.1 Å². The minimum absolute atomic E-state index is 0.140. The van der Waals surface area contributed by atoms with Crippen LogP contribution in [0, 0.1) is 11.3 Å².